The summed E-state index contributed by atoms with van der Waals surface area (Å²) >= 11 is 1.62. The second-order valence-electron chi connectivity index (χ2n) is 3.98. The molecule has 0 aliphatic heterocycles. The lowest BCUT2D eigenvalue weighted by molar-refractivity contribution is -0.138. The molecule has 2 N–H and O–H groups in total. The molecule has 0 bridgehead atoms. The number of carboxylic acids is 1. The maximum atomic E-state index is 10.8. The van der Waals surface area contributed by atoms with Crippen LogP contribution in [0.2, 0.25) is 0 Å². The average molecular weight is 262 g/mol. The predicted octanol–water partition coefficient (Wildman–Crippen LogP) is 2.89. The Morgan fingerprint density at radius 3 is 2.72 bits per heavy atom. The molecule has 94 valence electrons. The summed E-state index contributed by atoms with van der Waals surface area (Å²) in [5.74, 6) is -0.445. The molecule has 1 aromatic carbocycles. The molecular formula is C13H14N2O2S. The molecule has 2 aromatic rings. The molecule has 0 aliphatic rings. The molecule has 1 heterocycles. The lowest BCUT2D eigenvalue weighted by atomic mass is 10.0. The summed E-state index contributed by atoms with van der Waals surface area (Å²) in [6.45, 7) is 1.69. The van der Waals surface area contributed by atoms with Gasteiger partial charge in [-0.1, -0.05) is 36.0 Å². The minimum absolute atomic E-state index is 0.461. The number of rotatable bonds is 5. The number of aliphatic carboxylic acids is 1. The molecule has 0 saturated carbocycles. The van der Waals surface area contributed by atoms with Crippen LogP contribution >= 0.6 is 11.8 Å². The van der Waals surface area contributed by atoms with Crippen molar-refractivity contribution >= 4 is 17.7 Å². The quantitative estimate of drug-likeness (QED) is 0.813. The molecule has 0 amide bonds. The van der Waals surface area contributed by atoms with Gasteiger partial charge in [-0.2, -0.15) is 0 Å². The van der Waals surface area contributed by atoms with Gasteiger partial charge in [0.25, 0.3) is 0 Å². The Labute approximate surface area is 109 Å². The number of H-pyrrole nitrogens is 1. The second kappa shape index (κ2) is 5.73. The first-order chi connectivity index (χ1) is 8.66. The predicted molar refractivity (Wildman–Crippen MR) is 70.6 cm³/mol. The fraction of sp³-hybridized carbons (Fsp3) is 0.231. The third kappa shape index (κ3) is 3.13. The molecule has 0 spiro atoms. The highest BCUT2D eigenvalue weighted by Crippen LogP contribution is 2.21. The number of aromatic nitrogens is 2. The maximum Gasteiger partial charge on any atom is 0.310 e. The Morgan fingerprint density at radius 2 is 2.17 bits per heavy atom. The van der Waals surface area contributed by atoms with Crippen LogP contribution in [0.5, 0.6) is 0 Å². The summed E-state index contributed by atoms with van der Waals surface area (Å²) in [6.07, 6.45) is 3.51. The zero-order valence-electron chi connectivity index (χ0n) is 9.96. The molecule has 1 aromatic heterocycles. The van der Waals surface area contributed by atoms with Crippen LogP contribution in [-0.2, 0) is 10.5 Å². The molecule has 0 fully saturated rings. The number of hydrogen-bond acceptors (Lipinski definition) is 3. The van der Waals surface area contributed by atoms with Gasteiger partial charge >= 0.3 is 5.97 Å². The lowest BCUT2D eigenvalue weighted by Crippen LogP contribution is -2.07. The molecule has 0 saturated heterocycles. The fourth-order valence-electron chi connectivity index (χ4n) is 1.53. The number of nitrogens with one attached hydrogen (secondary N) is 1. The fourth-order valence-corrected chi connectivity index (χ4v) is 2.31. The summed E-state index contributed by atoms with van der Waals surface area (Å²) in [6, 6.07) is 7.67. The number of carbonyl (C=O) groups is 1. The molecule has 1 atom stereocenters. The van der Waals surface area contributed by atoms with Crippen molar-refractivity contribution in [2.24, 2.45) is 0 Å². The van der Waals surface area contributed by atoms with Crippen LogP contribution in [0.25, 0.3) is 0 Å². The van der Waals surface area contributed by atoms with E-state index < -0.39 is 11.9 Å². The van der Waals surface area contributed by atoms with Crippen molar-refractivity contribution in [2.75, 3.05) is 0 Å². The zero-order chi connectivity index (χ0) is 13.0. The summed E-state index contributed by atoms with van der Waals surface area (Å²) in [5.41, 5.74) is 1.98. The van der Waals surface area contributed by atoms with E-state index in [-0.39, 0.29) is 0 Å². The number of aromatic amines is 1. The molecule has 0 aliphatic carbocycles. The van der Waals surface area contributed by atoms with Crippen LogP contribution in [-0.4, -0.2) is 21.0 Å². The number of hydrogen-bond donors (Lipinski definition) is 2. The van der Waals surface area contributed by atoms with Crippen LogP contribution in [0.4, 0.5) is 0 Å². The minimum atomic E-state index is -0.798. The van der Waals surface area contributed by atoms with Gasteiger partial charge in [-0.05, 0) is 18.1 Å². The summed E-state index contributed by atoms with van der Waals surface area (Å²) < 4.78 is 0. The van der Waals surface area contributed by atoms with E-state index in [1.165, 1.54) is 0 Å². The van der Waals surface area contributed by atoms with E-state index in [1.54, 1.807) is 31.1 Å². The first-order valence-corrected chi connectivity index (χ1v) is 6.59. The van der Waals surface area contributed by atoms with Crippen molar-refractivity contribution in [1.82, 2.24) is 9.97 Å². The van der Waals surface area contributed by atoms with Crippen LogP contribution in [0.1, 0.15) is 24.0 Å². The SMILES string of the molecule is CC(C(=O)O)c1ccc(CSc2ncc[nH]2)cc1. The van der Waals surface area contributed by atoms with Crippen LogP contribution in [0.3, 0.4) is 0 Å². The van der Waals surface area contributed by atoms with Gasteiger partial charge in [0, 0.05) is 18.1 Å². The van der Waals surface area contributed by atoms with E-state index in [4.69, 9.17) is 5.11 Å². The van der Waals surface area contributed by atoms with E-state index in [9.17, 15) is 4.79 Å². The highest BCUT2D eigenvalue weighted by molar-refractivity contribution is 7.98. The summed E-state index contributed by atoms with van der Waals surface area (Å²) in [5, 5.41) is 9.80. The van der Waals surface area contributed by atoms with Crippen LogP contribution in [0, 0.1) is 0 Å². The highest BCUT2D eigenvalue weighted by Gasteiger charge is 2.12. The zero-order valence-corrected chi connectivity index (χ0v) is 10.8. The lowest BCUT2D eigenvalue weighted by Gasteiger charge is -2.07. The van der Waals surface area contributed by atoms with Crippen molar-refractivity contribution in [3.63, 3.8) is 0 Å². The van der Waals surface area contributed by atoms with Gasteiger partial charge in [-0.3, -0.25) is 4.79 Å². The molecule has 5 heteroatoms. The number of carboxylic acid groups (broad SMARTS) is 1. The minimum Gasteiger partial charge on any atom is -0.481 e. The Bertz CT molecular complexity index is 508. The van der Waals surface area contributed by atoms with Crippen molar-refractivity contribution in [3.8, 4) is 0 Å². The standard InChI is InChI=1S/C13H14N2O2S/c1-9(12(16)17)11-4-2-10(3-5-11)8-18-13-14-6-7-15-13/h2-7,9H,8H2,1H3,(H,14,15)(H,16,17). The van der Waals surface area contributed by atoms with Gasteiger partial charge in [-0.15, -0.1) is 0 Å². The molecule has 2 rings (SSSR count). The van der Waals surface area contributed by atoms with E-state index in [1.807, 2.05) is 24.3 Å². The van der Waals surface area contributed by atoms with Gasteiger partial charge < -0.3 is 10.1 Å². The van der Waals surface area contributed by atoms with Crippen LogP contribution < -0.4 is 0 Å². The molecular weight excluding hydrogens is 248 g/mol. The second-order valence-corrected chi connectivity index (χ2v) is 4.95. The smallest absolute Gasteiger partial charge is 0.310 e. The van der Waals surface area contributed by atoms with Gasteiger partial charge in [0.05, 0.1) is 5.92 Å². The largest absolute Gasteiger partial charge is 0.481 e. The Morgan fingerprint density at radius 1 is 1.44 bits per heavy atom. The van der Waals surface area contributed by atoms with Gasteiger partial charge in [0.2, 0.25) is 0 Å². The van der Waals surface area contributed by atoms with Crippen molar-refractivity contribution in [3.05, 3.63) is 47.8 Å². The van der Waals surface area contributed by atoms with Gasteiger partial charge in [0.15, 0.2) is 5.16 Å². The topological polar surface area (TPSA) is 66.0 Å². The van der Waals surface area contributed by atoms with Crippen molar-refractivity contribution in [1.29, 1.82) is 0 Å². The van der Waals surface area contributed by atoms with Gasteiger partial charge in [0.1, 0.15) is 0 Å². The number of nitrogens with zero attached hydrogens (tertiary/aromatic N) is 1. The first kappa shape index (κ1) is 12.7. The number of imidazole rings is 1. The average Bonchev–Trinajstić information content (AvgIpc) is 2.89. The van der Waals surface area contributed by atoms with Gasteiger partial charge in [-0.25, -0.2) is 4.98 Å². The Hall–Kier alpha value is -1.75. The van der Waals surface area contributed by atoms with Crippen molar-refractivity contribution < 1.29 is 9.90 Å². The number of benzene rings is 1. The molecule has 18 heavy (non-hydrogen) atoms. The van der Waals surface area contributed by atoms with E-state index in [0.717, 1.165) is 22.0 Å². The molecule has 0 radical (unpaired) electrons. The highest BCUT2D eigenvalue weighted by atomic mass is 32.2. The Balaban J connectivity index is 1.97. The first-order valence-electron chi connectivity index (χ1n) is 5.60. The van der Waals surface area contributed by atoms with E-state index in [0.29, 0.717) is 0 Å². The third-order valence-corrected chi connectivity index (χ3v) is 3.67. The van der Waals surface area contributed by atoms with Crippen LogP contribution in [0.15, 0.2) is 41.8 Å². The summed E-state index contributed by atoms with van der Waals surface area (Å²) in [4.78, 5) is 18.0. The van der Waals surface area contributed by atoms with E-state index in [2.05, 4.69) is 9.97 Å². The molecule has 1 unspecified atom stereocenters. The van der Waals surface area contributed by atoms with E-state index >= 15 is 0 Å². The summed E-state index contributed by atoms with van der Waals surface area (Å²) in [7, 11) is 0. The number of thioether (sulfide) groups is 1. The Kier molecular flexibility index (Phi) is 4.04. The molecule has 4 nitrogen and oxygen atoms in total. The third-order valence-electron chi connectivity index (χ3n) is 2.70. The maximum absolute atomic E-state index is 10.8. The monoisotopic (exact) mass is 262 g/mol. The normalized spacial score (nSPS) is 12.3. The van der Waals surface area contributed by atoms with Crippen molar-refractivity contribution in [2.45, 2.75) is 23.8 Å².